The SMILES string of the molecule is COC(=O)[C@@H]1CCC([Si](C)(C)C)N1C(=O)OC. The summed E-state index contributed by atoms with van der Waals surface area (Å²) in [4.78, 5) is 25.1. The first-order valence-corrected chi connectivity index (χ1v) is 9.34. The predicted octanol–water partition coefficient (Wildman–Crippen LogP) is 1.64. The summed E-state index contributed by atoms with van der Waals surface area (Å²) in [5, 5.41) is 0. The summed E-state index contributed by atoms with van der Waals surface area (Å²) in [6.07, 6.45) is 1.09. The summed E-state index contributed by atoms with van der Waals surface area (Å²) in [6.45, 7) is 6.56. The zero-order chi connectivity index (χ0) is 13.2. The number of rotatable bonds is 2. The van der Waals surface area contributed by atoms with Gasteiger partial charge in [-0.05, 0) is 12.8 Å². The van der Waals surface area contributed by atoms with Crippen molar-refractivity contribution >= 4 is 20.1 Å². The molecule has 0 aliphatic carbocycles. The second-order valence-electron chi connectivity index (χ2n) is 5.38. The van der Waals surface area contributed by atoms with Gasteiger partial charge in [-0.2, -0.15) is 0 Å². The summed E-state index contributed by atoms with van der Waals surface area (Å²) in [5.41, 5.74) is 0.138. The number of ether oxygens (including phenoxy) is 2. The molecule has 1 saturated heterocycles. The lowest BCUT2D eigenvalue weighted by molar-refractivity contribution is -0.145. The Balaban J connectivity index is 2.97. The van der Waals surface area contributed by atoms with E-state index in [2.05, 4.69) is 19.6 Å². The Kier molecular flexibility index (Phi) is 4.19. The molecule has 1 aliphatic rings. The van der Waals surface area contributed by atoms with Gasteiger partial charge in [-0.1, -0.05) is 19.6 Å². The second-order valence-corrected chi connectivity index (χ2v) is 10.8. The van der Waals surface area contributed by atoms with Gasteiger partial charge < -0.3 is 9.47 Å². The van der Waals surface area contributed by atoms with E-state index in [0.717, 1.165) is 6.42 Å². The lowest BCUT2D eigenvalue weighted by Crippen LogP contribution is -2.54. The van der Waals surface area contributed by atoms with Gasteiger partial charge in [0.1, 0.15) is 6.04 Å². The Morgan fingerprint density at radius 2 is 1.71 bits per heavy atom. The summed E-state index contributed by atoms with van der Waals surface area (Å²) in [7, 11) is 1.14. The molecule has 0 bridgehead atoms. The number of likely N-dealkylation sites (tertiary alicyclic amines) is 1. The molecule has 0 aromatic rings. The van der Waals surface area contributed by atoms with Crippen LogP contribution in [-0.4, -0.2) is 51.0 Å². The van der Waals surface area contributed by atoms with Crippen LogP contribution in [-0.2, 0) is 14.3 Å². The fourth-order valence-electron chi connectivity index (χ4n) is 2.39. The zero-order valence-corrected chi connectivity index (χ0v) is 12.1. The van der Waals surface area contributed by atoms with Crippen molar-refractivity contribution in [2.24, 2.45) is 0 Å². The Bertz CT molecular complexity index is 313. The molecule has 0 spiro atoms. The minimum atomic E-state index is -1.55. The number of hydrogen-bond acceptors (Lipinski definition) is 4. The third-order valence-electron chi connectivity index (χ3n) is 3.24. The number of esters is 1. The maximum atomic E-state index is 11.8. The van der Waals surface area contributed by atoms with Crippen molar-refractivity contribution in [3.63, 3.8) is 0 Å². The van der Waals surface area contributed by atoms with Crippen molar-refractivity contribution in [2.75, 3.05) is 14.2 Å². The summed E-state index contributed by atoms with van der Waals surface area (Å²) >= 11 is 0. The smallest absolute Gasteiger partial charge is 0.410 e. The largest absolute Gasteiger partial charge is 0.467 e. The normalized spacial score (nSPS) is 24.6. The van der Waals surface area contributed by atoms with Gasteiger partial charge >= 0.3 is 12.1 Å². The first-order chi connectivity index (χ1) is 7.82. The highest BCUT2D eigenvalue weighted by atomic mass is 28.3. The number of amides is 1. The van der Waals surface area contributed by atoms with Crippen molar-refractivity contribution in [3.8, 4) is 0 Å². The Morgan fingerprint density at radius 3 is 2.12 bits per heavy atom. The zero-order valence-electron chi connectivity index (χ0n) is 11.1. The second kappa shape index (κ2) is 5.08. The van der Waals surface area contributed by atoms with Gasteiger partial charge in [0.05, 0.1) is 22.3 Å². The average molecular weight is 259 g/mol. The Hall–Kier alpha value is -1.04. The molecule has 5 nitrogen and oxygen atoms in total. The highest BCUT2D eigenvalue weighted by Crippen LogP contribution is 2.31. The van der Waals surface area contributed by atoms with Gasteiger partial charge in [0, 0.05) is 5.67 Å². The molecule has 0 saturated carbocycles. The molecular formula is C11H21NO4Si. The van der Waals surface area contributed by atoms with E-state index in [4.69, 9.17) is 9.47 Å². The quantitative estimate of drug-likeness (QED) is 0.559. The van der Waals surface area contributed by atoms with Gasteiger partial charge in [0.15, 0.2) is 0 Å². The lowest BCUT2D eigenvalue weighted by Gasteiger charge is -2.34. The molecular weight excluding hydrogens is 238 g/mol. The van der Waals surface area contributed by atoms with Crippen LogP contribution in [0.4, 0.5) is 4.79 Å². The molecule has 0 aromatic heterocycles. The molecule has 6 heteroatoms. The van der Waals surface area contributed by atoms with Crippen molar-refractivity contribution < 1.29 is 19.1 Å². The fraction of sp³-hybridized carbons (Fsp3) is 0.818. The van der Waals surface area contributed by atoms with Gasteiger partial charge in [-0.3, -0.25) is 4.90 Å². The molecule has 1 amide bonds. The molecule has 1 rings (SSSR count). The van der Waals surface area contributed by atoms with Crippen molar-refractivity contribution in [1.29, 1.82) is 0 Å². The monoisotopic (exact) mass is 259 g/mol. The minimum absolute atomic E-state index is 0.138. The number of carbonyl (C=O) groups is 2. The number of methoxy groups -OCH3 is 2. The standard InChI is InChI=1S/C11H21NO4Si/c1-15-10(13)8-6-7-9(17(3,4)5)12(8)11(14)16-2/h8-9H,6-7H2,1-5H3/t8-,9?/m0/s1. The van der Waals surface area contributed by atoms with Crippen LogP contribution in [0, 0.1) is 0 Å². The third kappa shape index (κ3) is 2.80. The maximum Gasteiger partial charge on any atom is 0.410 e. The van der Waals surface area contributed by atoms with Crippen molar-refractivity contribution in [3.05, 3.63) is 0 Å². The summed E-state index contributed by atoms with van der Waals surface area (Å²) < 4.78 is 9.53. The average Bonchev–Trinajstić information content (AvgIpc) is 2.70. The van der Waals surface area contributed by atoms with Crippen LogP contribution in [0.2, 0.25) is 19.6 Å². The molecule has 17 heavy (non-hydrogen) atoms. The molecule has 0 aromatic carbocycles. The van der Waals surface area contributed by atoms with E-state index in [1.807, 2.05) is 0 Å². The highest BCUT2D eigenvalue weighted by Gasteiger charge is 2.47. The number of nitrogens with zero attached hydrogens (tertiary/aromatic N) is 1. The van der Waals surface area contributed by atoms with Crippen LogP contribution < -0.4 is 0 Å². The maximum absolute atomic E-state index is 11.8. The van der Waals surface area contributed by atoms with E-state index in [1.165, 1.54) is 14.2 Å². The molecule has 0 N–H and O–H groups in total. The van der Waals surface area contributed by atoms with Gasteiger partial charge in [-0.25, -0.2) is 9.59 Å². The van der Waals surface area contributed by atoms with Crippen LogP contribution in [0.3, 0.4) is 0 Å². The van der Waals surface area contributed by atoms with Crippen LogP contribution in [0.5, 0.6) is 0 Å². The highest BCUT2D eigenvalue weighted by molar-refractivity contribution is 6.77. The molecule has 2 atom stereocenters. The first kappa shape index (κ1) is 14.0. The fourth-order valence-corrected chi connectivity index (χ4v) is 4.54. The topological polar surface area (TPSA) is 55.8 Å². The van der Waals surface area contributed by atoms with Gasteiger partial charge in [0.2, 0.25) is 0 Å². The Morgan fingerprint density at radius 1 is 1.12 bits per heavy atom. The molecule has 1 heterocycles. The lowest BCUT2D eigenvalue weighted by atomic mass is 10.2. The molecule has 98 valence electrons. The summed E-state index contributed by atoms with van der Waals surface area (Å²) in [5.74, 6) is -0.351. The van der Waals surface area contributed by atoms with E-state index in [1.54, 1.807) is 4.90 Å². The van der Waals surface area contributed by atoms with E-state index in [9.17, 15) is 9.59 Å². The predicted molar refractivity (Wildman–Crippen MR) is 66.4 cm³/mol. The van der Waals surface area contributed by atoms with Crippen LogP contribution in [0.1, 0.15) is 12.8 Å². The van der Waals surface area contributed by atoms with Crippen LogP contribution in [0.15, 0.2) is 0 Å². The molecule has 1 aliphatic heterocycles. The van der Waals surface area contributed by atoms with Crippen LogP contribution >= 0.6 is 0 Å². The van der Waals surface area contributed by atoms with E-state index < -0.39 is 20.2 Å². The third-order valence-corrected chi connectivity index (χ3v) is 5.81. The summed E-state index contributed by atoms with van der Waals surface area (Å²) in [6, 6.07) is -0.482. The first-order valence-electron chi connectivity index (χ1n) is 5.77. The van der Waals surface area contributed by atoms with Crippen molar-refractivity contribution in [2.45, 2.75) is 44.2 Å². The van der Waals surface area contributed by atoms with Crippen molar-refractivity contribution in [1.82, 2.24) is 4.90 Å². The Labute approximate surface area is 103 Å². The molecule has 1 fully saturated rings. The van der Waals surface area contributed by atoms with E-state index in [0.29, 0.717) is 6.42 Å². The van der Waals surface area contributed by atoms with Crippen LogP contribution in [0.25, 0.3) is 0 Å². The van der Waals surface area contributed by atoms with Gasteiger partial charge in [0.25, 0.3) is 0 Å². The molecule has 0 radical (unpaired) electrons. The van der Waals surface area contributed by atoms with Gasteiger partial charge in [-0.15, -0.1) is 0 Å². The number of carbonyl (C=O) groups excluding carboxylic acids is 2. The number of hydrogen-bond donors (Lipinski definition) is 0. The molecule has 1 unspecified atom stereocenters. The van der Waals surface area contributed by atoms with E-state index >= 15 is 0 Å². The van der Waals surface area contributed by atoms with E-state index in [-0.39, 0.29) is 11.6 Å². The minimum Gasteiger partial charge on any atom is -0.467 e.